The number of nitrogens with one attached hydrogen (secondary N) is 1. The highest BCUT2D eigenvalue weighted by molar-refractivity contribution is 5.62. The molecule has 0 radical (unpaired) electrons. The minimum atomic E-state index is -1.25. The first-order valence-electron chi connectivity index (χ1n) is 4.54. The maximum atomic E-state index is 10.0. The lowest BCUT2D eigenvalue weighted by molar-refractivity contribution is 0.0213. The Kier molecular flexibility index (Phi) is 4.59. The van der Waals surface area contributed by atoms with Crippen LogP contribution in [-0.4, -0.2) is 22.9 Å². The van der Waals surface area contributed by atoms with Crippen molar-refractivity contribution in [3.8, 4) is 0 Å². The van der Waals surface area contributed by atoms with Gasteiger partial charge in [0.15, 0.2) is 0 Å². The second-order valence-corrected chi connectivity index (χ2v) is 2.97. The Morgan fingerprint density at radius 2 is 2.07 bits per heavy atom. The van der Waals surface area contributed by atoms with Crippen molar-refractivity contribution >= 4 is 6.09 Å². The highest BCUT2D eigenvalue weighted by atomic mass is 16.7. The minimum Gasteiger partial charge on any atom is -0.464 e. The molecule has 1 aromatic carbocycles. The Labute approximate surface area is 87.3 Å². The third-order valence-corrected chi connectivity index (χ3v) is 1.84. The molecular weight excluding hydrogens is 198 g/mol. The molecule has 3 N–H and O–H groups in total. The number of hydrogen-bond donors (Lipinski definition) is 3. The Balaban J connectivity index is 2.25. The topological polar surface area (TPSA) is 78.8 Å². The van der Waals surface area contributed by atoms with Gasteiger partial charge in [0.2, 0.25) is 0 Å². The molecule has 1 amide bonds. The van der Waals surface area contributed by atoms with Crippen LogP contribution in [0, 0.1) is 0 Å². The molecule has 0 aliphatic rings. The van der Waals surface area contributed by atoms with Crippen molar-refractivity contribution in [1.82, 2.24) is 5.48 Å². The van der Waals surface area contributed by atoms with Crippen LogP contribution < -0.4 is 5.48 Å². The number of carboxylic acid groups (broad SMARTS) is 1. The van der Waals surface area contributed by atoms with E-state index in [0.717, 1.165) is 5.56 Å². The first-order valence-corrected chi connectivity index (χ1v) is 4.54. The zero-order chi connectivity index (χ0) is 11.1. The third-order valence-electron chi connectivity index (χ3n) is 1.84. The monoisotopic (exact) mass is 211 g/mol. The smallest absolute Gasteiger partial charge is 0.428 e. The van der Waals surface area contributed by atoms with E-state index < -0.39 is 12.2 Å². The number of rotatable bonds is 5. The summed E-state index contributed by atoms with van der Waals surface area (Å²) in [7, 11) is 0. The molecule has 0 bridgehead atoms. The van der Waals surface area contributed by atoms with E-state index in [2.05, 4.69) is 4.84 Å². The van der Waals surface area contributed by atoms with Gasteiger partial charge in [-0.15, -0.1) is 0 Å². The summed E-state index contributed by atoms with van der Waals surface area (Å²) in [6.45, 7) is 0.127. The lowest BCUT2D eigenvalue weighted by atomic mass is 10.1. The fraction of sp³-hybridized carbons (Fsp3) is 0.300. The molecular formula is C10H13NO4. The first-order chi connectivity index (χ1) is 7.20. The molecule has 0 heterocycles. The summed E-state index contributed by atoms with van der Waals surface area (Å²) in [6.07, 6.45) is -1.55. The van der Waals surface area contributed by atoms with Gasteiger partial charge in [0.1, 0.15) is 0 Å². The summed E-state index contributed by atoms with van der Waals surface area (Å²) in [4.78, 5) is 14.6. The van der Waals surface area contributed by atoms with E-state index >= 15 is 0 Å². The van der Waals surface area contributed by atoms with Gasteiger partial charge in [0, 0.05) is 6.42 Å². The van der Waals surface area contributed by atoms with Crippen molar-refractivity contribution in [3.05, 3.63) is 35.9 Å². The van der Waals surface area contributed by atoms with E-state index in [1.165, 1.54) is 0 Å². The van der Waals surface area contributed by atoms with Crippen LogP contribution >= 0.6 is 0 Å². The molecule has 0 aliphatic heterocycles. The van der Waals surface area contributed by atoms with Gasteiger partial charge in [-0.3, -0.25) is 4.84 Å². The molecule has 1 atom stereocenters. The van der Waals surface area contributed by atoms with Crippen LogP contribution in [0.15, 0.2) is 30.3 Å². The Hall–Kier alpha value is -1.59. The second kappa shape index (κ2) is 6.00. The average molecular weight is 211 g/mol. The maximum Gasteiger partial charge on any atom is 0.428 e. The van der Waals surface area contributed by atoms with Gasteiger partial charge in [-0.2, -0.15) is 5.48 Å². The normalized spacial score (nSPS) is 12.1. The van der Waals surface area contributed by atoms with Crippen LogP contribution in [0.1, 0.15) is 18.1 Å². The highest BCUT2D eigenvalue weighted by Gasteiger charge is 2.06. The summed E-state index contributed by atoms with van der Waals surface area (Å²) in [6, 6.07) is 9.12. The molecule has 15 heavy (non-hydrogen) atoms. The largest absolute Gasteiger partial charge is 0.464 e. The van der Waals surface area contributed by atoms with Crippen molar-refractivity contribution in [2.45, 2.75) is 12.5 Å². The van der Waals surface area contributed by atoms with Crippen molar-refractivity contribution in [1.29, 1.82) is 0 Å². The van der Waals surface area contributed by atoms with Gasteiger partial charge in [0.05, 0.1) is 12.7 Å². The average Bonchev–Trinajstić information content (AvgIpc) is 2.25. The number of hydroxylamine groups is 1. The van der Waals surface area contributed by atoms with Crippen LogP contribution in [-0.2, 0) is 4.84 Å². The number of hydrogen-bond acceptors (Lipinski definition) is 3. The Morgan fingerprint density at radius 3 is 2.67 bits per heavy atom. The predicted molar refractivity (Wildman–Crippen MR) is 53.1 cm³/mol. The number of amides is 1. The molecule has 1 unspecified atom stereocenters. The highest BCUT2D eigenvalue weighted by Crippen LogP contribution is 2.15. The minimum absolute atomic E-state index is 0.127. The number of benzene rings is 1. The summed E-state index contributed by atoms with van der Waals surface area (Å²) in [5.74, 6) is 0. The molecule has 0 saturated carbocycles. The lowest BCUT2D eigenvalue weighted by Crippen LogP contribution is -2.22. The van der Waals surface area contributed by atoms with Gasteiger partial charge >= 0.3 is 6.09 Å². The SMILES string of the molecule is O=C(O)NOCCC(O)c1ccccc1. The van der Waals surface area contributed by atoms with Crippen LogP contribution in [0.4, 0.5) is 4.79 Å². The van der Waals surface area contributed by atoms with E-state index in [1.807, 2.05) is 18.2 Å². The van der Waals surface area contributed by atoms with Gasteiger partial charge in [-0.1, -0.05) is 30.3 Å². The molecule has 0 aliphatic carbocycles. The molecule has 82 valence electrons. The van der Waals surface area contributed by atoms with Crippen LogP contribution in [0.25, 0.3) is 0 Å². The molecule has 0 spiro atoms. The number of aliphatic hydroxyl groups is 1. The standard InChI is InChI=1S/C10H13NO4/c12-9(6-7-15-11-10(13)14)8-4-2-1-3-5-8/h1-5,9,11-12H,6-7H2,(H,13,14). The van der Waals surface area contributed by atoms with E-state index in [0.29, 0.717) is 6.42 Å². The van der Waals surface area contributed by atoms with E-state index in [4.69, 9.17) is 5.11 Å². The van der Waals surface area contributed by atoms with Gasteiger partial charge in [0.25, 0.3) is 0 Å². The summed E-state index contributed by atoms with van der Waals surface area (Å²) in [5.41, 5.74) is 2.55. The molecule has 5 nitrogen and oxygen atoms in total. The molecule has 0 aromatic heterocycles. The van der Waals surface area contributed by atoms with Crippen molar-refractivity contribution in [2.75, 3.05) is 6.61 Å². The molecule has 1 rings (SSSR count). The zero-order valence-electron chi connectivity index (χ0n) is 8.09. The first kappa shape index (κ1) is 11.5. The molecule has 0 saturated heterocycles. The van der Waals surface area contributed by atoms with Crippen LogP contribution in [0.5, 0.6) is 0 Å². The Bertz CT molecular complexity index is 302. The zero-order valence-corrected chi connectivity index (χ0v) is 8.09. The van der Waals surface area contributed by atoms with Crippen molar-refractivity contribution < 1.29 is 19.8 Å². The summed E-state index contributed by atoms with van der Waals surface area (Å²) >= 11 is 0. The fourth-order valence-corrected chi connectivity index (χ4v) is 1.13. The van der Waals surface area contributed by atoms with Gasteiger partial charge < -0.3 is 10.2 Å². The molecule has 0 fully saturated rings. The quantitative estimate of drug-likeness (QED) is 0.506. The van der Waals surface area contributed by atoms with E-state index in [1.54, 1.807) is 17.6 Å². The summed E-state index contributed by atoms with van der Waals surface area (Å²) in [5, 5.41) is 17.8. The van der Waals surface area contributed by atoms with Crippen molar-refractivity contribution in [3.63, 3.8) is 0 Å². The number of carbonyl (C=O) groups is 1. The van der Waals surface area contributed by atoms with Crippen LogP contribution in [0.2, 0.25) is 0 Å². The fourth-order valence-electron chi connectivity index (χ4n) is 1.13. The van der Waals surface area contributed by atoms with Gasteiger partial charge in [-0.25, -0.2) is 4.79 Å². The summed E-state index contributed by atoms with van der Waals surface area (Å²) < 4.78 is 0. The number of aliphatic hydroxyl groups excluding tert-OH is 1. The lowest BCUT2D eigenvalue weighted by Gasteiger charge is -2.10. The van der Waals surface area contributed by atoms with Crippen LogP contribution in [0.3, 0.4) is 0 Å². The van der Waals surface area contributed by atoms with Gasteiger partial charge in [-0.05, 0) is 5.56 Å². The Morgan fingerprint density at radius 1 is 1.40 bits per heavy atom. The molecule has 5 heteroatoms. The second-order valence-electron chi connectivity index (χ2n) is 2.97. The maximum absolute atomic E-state index is 10.0. The predicted octanol–water partition coefficient (Wildman–Crippen LogP) is 1.31. The van der Waals surface area contributed by atoms with E-state index in [-0.39, 0.29) is 6.61 Å². The van der Waals surface area contributed by atoms with E-state index in [9.17, 15) is 9.90 Å². The molecule has 1 aromatic rings. The third kappa shape index (κ3) is 4.44. The van der Waals surface area contributed by atoms with Crippen molar-refractivity contribution in [2.24, 2.45) is 0 Å².